The van der Waals surface area contributed by atoms with Crippen molar-refractivity contribution < 1.29 is 24.0 Å². The Balaban J connectivity index is 1.52. The number of piperidine rings is 1. The van der Waals surface area contributed by atoms with Crippen molar-refractivity contribution in [1.82, 2.24) is 10.2 Å². The quantitative estimate of drug-likeness (QED) is 0.301. The summed E-state index contributed by atoms with van der Waals surface area (Å²) in [6.45, 7) is 6.46. The fourth-order valence-electron chi connectivity index (χ4n) is 7.09. The van der Waals surface area contributed by atoms with E-state index < -0.39 is 23.9 Å². The van der Waals surface area contributed by atoms with E-state index in [1.54, 1.807) is 6.92 Å². The Morgan fingerprint density at radius 2 is 1.68 bits per heavy atom. The van der Waals surface area contributed by atoms with Gasteiger partial charge in [0, 0.05) is 48.2 Å². The highest BCUT2D eigenvalue weighted by Crippen LogP contribution is 2.43. The number of hydrogen-bond donors (Lipinski definition) is 1. The molecular weight excluding hydrogens is 474 g/mol. The topological polar surface area (TPSA) is 111 Å². The lowest BCUT2D eigenvalue weighted by atomic mass is 9.70. The van der Waals surface area contributed by atoms with Gasteiger partial charge in [0.15, 0.2) is 0 Å². The molecule has 1 N–H and O–H groups in total. The van der Waals surface area contributed by atoms with Crippen LogP contribution in [0.25, 0.3) is 0 Å². The zero-order chi connectivity index (χ0) is 26.5. The Morgan fingerprint density at radius 3 is 2.35 bits per heavy atom. The Hall–Kier alpha value is -2.42. The number of esters is 2. The van der Waals surface area contributed by atoms with Crippen LogP contribution >= 0.6 is 0 Å². The number of allylic oxidation sites excluding steroid dienone is 2. The number of ether oxygens (including phenoxy) is 2. The molecule has 9 heteroatoms. The molecule has 0 aromatic carbocycles. The van der Waals surface area contributed by atoms with Crippen LogP contribution in [-0.2, 0) is 19.1 Å². The highest BCUT2D eigenvalue weighted by Gasteiger charge is 2.45. The van der Waals surface area contributed by atoms with Crippen LogP contribution in [0.4, 0.5) is 0 Å². The average molecular weight is 518 g/mol. The van der Waals surface area contributed by atoms with E-state index >= 15 is 0 Å². The van der Waals surface area contributed by atoms with Gasteiger partial charge in [-0.1, -0.05) is 19.3 Å². The molecule has 0 bridgehead atoms. The summed E-state index contributed by atoms with van der Waals surface area (Å²) in [6, 6.07) is -0.669. The maximum absolute atomic E-state index is 13.8. The largest absolute Gasteiger partial charge is 0.466 e. The Morgan fingerprint density at radius 1 is 0.973 bits per heavy atom. The molecule has 0 radical (unpaired) electrons. The van der Waals surface area contributed by atoms with Gasteiger partial charge in [0.25, 0.3) is 0 Å². The van der Waals surface area contributed by atoms with Crippen molar-refractivity contribution in [3.63, 3.8) is 0 Å². The first kappa shape index (κ1) is 27.6. The molecule has 4 atom stereocenters. The molecule has 4 unspecified atom stereocenters. The monoisotopic (exact) mass is 517 g/mol. The summed E-state index contributed by atoms with van der Waals surface area (Å²) in [4.78, 5) is 40.5. The molecule has 4 aliphatic rings. The first-order valence-corrected chi connectivity index (χ1v) is 14.1. The van der Waals surface area contributed by atoms with Gasteiger partial charge in [-0.25, -0.2) is 9.59 Å². The zero-order valence-electron chi connectivity index (χ0n) is 22.6. The molecule has 2 heterocycles. The predicted octanol–water partition coefficient (Wildman–Crippen LogP) is 4.35. The van der Waals surface area contributed by atoms with Crippen LogP contribution in [0, 0.1) is 27.9 Å². The molecule has 1 saturated heterocycles. The summed E-state index contributed by atoms with van der Waals surface area (Å²) in [7, 11) is 1.33. The van der Waals surface area contributed by atoms with Crippen LogP contribution in [0.15, 0.2) is 22.5 Å². The van der Waals surface area contributed by atoms with Gasteiger partial charge in [-0.05, 0) is 70.8 Å². The summed E-state index contributed by atoms with van der Waals surface area (Å²) >= 11 is 0. The van der Waals surface area contributed by atoms with E-state index in [4.69, 9.17) is 9.47 Å². The minimum atomic E-state index is -0.669. The maximum atomic E-state index is 13.8. The number of methoxy groups -OCH3 is 1. The lowest BCUT2D eigenvalue weighted by Crippen LogP contribution is -2.44. The molecule has 0 aromatic rings. The molecule has 0 aromatic heterocycles. The van der Waals surface area contributed by atoms with Gasteiger partial charge in [-0.3, -0.25) is 15.0 Å². The number of carbonyl (C=O) groups excluding carboxylic acids is 2. The molecule has 9 nitrogen and oxygen atoms in total. The second-order valence-electron chi connectivity index (χ2n) is 11.5. The minimum Gasteiger partial charge on any atom is -0.466 e. The molecule has 206 valence electrons. The number of hydrogen-bond acceptors (Lipinski definition) is 8. The van der Waals surface area contributed by atoms with E-state index in [2.05, 4.69) is 10.2 Å². The number of rotatable bonds is 7. The molecule has 3 fully saturated rings. The SMILES string of the molecule is COC(=O)C1=C(C)NC(C)=C(C(=O)OC2CCCN(CC3CCCCC3)C2)C1C1CCCC([N+](=O)[O-])C1. The molecule has 2 saturated carbocycles. The smallest absolute Gasteiger partial charge is 0.336 e. The third kappa shape index (κ3) is 6.54. The first-order valence-electron chi connectivity index (χ1n) is 14.1. The number of likely N-dealkylation sites (tertiary alicyclic amines) is 1. The highest BCUT2D eigenvalue weighted by molar-refractivity contribution is 5.98. The lowest BCUT2D eigenvalue weighted by molar-refractivity contribution is -0.528. The number of nitrogens with one attached hydrogen (secondary N) is 1. The van der Waals surface area contributed by atoms with Gasteiger partial charge in [0.1, 0.15) is 6.10 Å². The molecular formula is C28H43N3O6. The van der Waals surface area contributed by atoms with Crippen molar-refractivity contribution in [1.29, 1.82) is 0 Å². The van der Waals surface area contributed by atoms with Crippen molar-refractivity contribution >= 4 is 11.9 Å². The van der Waals surface area contributed by atoms with Crippen molar-refractivity contribution in [2.75, 3.05) is 26.7 Å². The van der Waals surface area contributed by atoms with Crippen molar-refractivity contribution in [2.45, 2.75) is 96.6 Å². The second-order valence-corrected chi connectivity index (χ2v) is 11.5. The Labute approximate surface area is 220 Å². The van der Waals surface area contributed by atoms with Crippen LogP contribution in [0.3, 0.4) is 0 Å². The molecule has 0 amide bonds. The fraction of sp³-hybridized carbons (Fsp3) is 0.786. The van der Waals surface area contributed by atoms with Gasteiger partial charge < -0.3 is 14.8 Å². The summed E-state index contributed by atoms with van der Waals surface area (Å²) in [6.07, 6.45) is 10.4. The molecule has 37 heavy (non-hydrogen) atoms. The van der Waals surface area contributed by atoms with Gasteiger partial charge in [-0.15, -0.1) is 0 Å². The van der Waals surface area contributed by atoms with E-state index in [0.717, 1.165) is 38.4 Å². The van der Waals surface area contributed by atoms with Crippen LogP contribution in [0.5, 0.6) is 0 Å². The van der Waals surface area contributed by atoms with Crippen molar-refractivity contribution in [2.24, 2.45) is 17.8 Å². The normalized spacial score (nSPS) is 30.0. The third-order valence-electron chi connectivity index (χ3n) is 8.86. The number of dihydropyridines is 1. The Bertz CT molecular complexity index is 938. The Kier molecular flexibility index (Phi) is 9.27. The van der Waals surface area contributed by atoms with Crippen molar-refractivity contribution in [3.05, 3.63) is 32.7 Å². The van der Waals surface area contributed by atoms with Gasteiger partial charge in [-0.2, -0.15) is 0 Å². The number of nitrogens with zero attached hydrogens (tertiary/aromatic N) is 2. The third-order valence-corrected chi connectivity index (χ3v) is 8.86. The highest BCUT2D eigenvalue weighted by atomic mass is 16.6. The van der Waals surface area contributed by atoms with E-state index in [1.165, 1.54) is 39.2 Å². The predicted molar refractivity (Wildman–Crippen MR) is 139 cm³/mol. The summed E-state index contributed by atoms with van der Waals surface area (Å²) in [5.41, 5.74) is 2.09. The van der Waals surface area contributed by atoms with Crippen LogP contribution in [-0.4, -0.2) is 60.7 Å². The van der Waals surface area contributed by atoms with Crippen LogP contribution in [0.2, 0.25) is 0 Å². The zero-order valence-corrected chi connectivity index (χ0v) is 22.6. The number of nitro groups is 1. The van der Waals surface area contributed by atoms with Gasteiger partial charge in [0.2, 0.25) is 6.04 Å². The second kappa shape index (κ2) is 12.4. The minimum absolute atomic E-state index is 0.197. The number of carbonyl (C=O) groups is 2. The fourth-order valence-corrected chi connectivity index (χ4v) is 7.09. The first-order chi connectivity index (χ1) is 17.8. The van der Waals surface area contributed by atoms with Crippen molar-refractivity contribution in [3.8, 4) is 0 Å². The standard InChI is InChI=1S/C28H43N3O6/c1-18-24(27(32)36-3)26(21-11-7-12-22(15-21)31(34)35)25(19(2)29-18)28(33)37-23-13-8-14-30(17-23)16-20-9-5-4-6-10-20/h20-23,26,29H,4-17H2,1-3H3. The summed E-state index contributed by atoms with van der Waals surface area (Å²) in [5.74, 6) is -0.978. The molecule has 0 spiro atoms. The van der Waals surface area contributed by atoms with E-state index in [0.29, 0.717) is 48.2 Å². The van der Waals surface area contributed by atoms with E-state index in [9.17, 15) is 19.7 Å². The van der Waals surface area contributed by atoms with Crippen LogP contribution < -0.4 is 5.32 Å². The van der Waals surface area contributed by atoms with E-state index in [-0.39, 0.29) is 16.9 Å². The summed E-state index contributed by atoms with van der Waals surface area (Å²) in [5, 5.41) is 14.8. The van der Waals surface area contributed by atoms with Gasteiger partial charge in [0.05, 0.1) is 18.3 Å². The lowest BCUT2D eigenvalue weighted by Gasteiger charge is -2.39. The van der Waals surface area contributed by atoms with E-state index in [1.807, 2.05) is 6.92 Å². The van der Waals surface area contributed by atoms with Gasteiger partial charge >= 0.3 is 11.9 Å². The van der Waals surface area contributed by atoms with Crippen LogP contribution in [0.1, 0.15) is 84.5 Å². The maximum Gasteiger partial charge on any atom is 0.336 e. The summed E-state index contributed by atoms with van der Waals surface area (Å²) < 4.78 is 11.2. The molecule has 2 aliphatic heterocycles. The average Bonchev–Trinajstić information content (AvgIpc) is 2.88. The molecule has 4 rings (SSSR count). The molecule has 2 aliphatic carbocycles.